The predicted octanol–water partition coefficient (Wildman–Crippen LogP) is 3.14. The van der Waals surface area contributed by atoms with Crippen molar-refractivity contribution in [3.05, 3.63) is 62.5 Å². The maximum absolute atomic E-state index is 10.8. The Morgan fingerprint density at radius 2 is 2.23 bits per heavy atom. The summed E-state index contributed by atoms with van der Waals surface area (Å²) in [6, 6.07) is 10.3. The second kappa shape index (κ2) is 6.56. The molecule has 22 heavy (non-hydrogen) atoms. The van der Waals surface area contributed by atoms with Crippen LogP contribution in [0, 0.1) is 10.1 Å². The zero-order valence-corrected chi connectivity index (χ0v) is 13.0. The Hall–Kier alpha value is -1.76. The molecule has 0 spiro atoms. The van der Waals surface area contributed by atoms with E-state index in [0.717, 1.165) is 29.7 Å². The third-order valence-corrected chi connectivity index (χ3v) is 5.06. The number of benzene rings is 1. The highest BCUT2D eigenvalue weighted by Crippen LogP contribution is 2.36. The molecule has 1 atom stereocenters. The van der Waals surface area contributed by atoms with Gasteiger partial charge in [0.2, 0.25) is 0 Å². The number of aryl methyl sites for hydroxylation is 1. The highest BCUT2D eigenvalue weighted by molar-refractivity contribution is 7.13. The minimum absolute atomic E-state index is 0.0882. The van der Waals surface area contributed by atoms with Crippen LogP contribution in [0.2, 0.25) is 0 Å². The van der Waals surface area contributed by atoms with E-state index in [1.807, 2.05) is 11.4 Å². The number of aliphatic hydroxyl groups is 1. The standard InChI is InChI=1S/C16H18N2O3S/c19-8-7-17(10-12-9-16(18(20)21)22-11-12)15-6-5-13-3-1-2-4-14(13)15/h1-4,9,11,15,19H,5-8,10H2. The van der Waals surface area contributed by atoms with E-state index in [-0.39, 0.29) is 22.6 Å². The van der Waals surface area contributed by atoms with E-state index in [9.17, 15) is 15.2 Å². The molecule has 1 aliphatic rings. The predicted molar refractivity (Wildman–Crippen MR) is 86.0 cm³/mol. The van der Waals surface area contributed by atoms with Gasteiger partial charge in [-0.25, -0.2) is 0 Å². The van der Waals surface area contributed by atoms with Crippen LogP contribution in [0.1, 0.15) is 29.2 Å². The molecule has 6 heteroatoms. The van der Waals surface area contributed by atoms with Gasteiger partial charge in [0.05, 0.1) is 11.5 Å². The molecule has 0 bridgehead atoms. The first-order chi connectivity index (χ1) is 10.7. The van der Waals surface area contributed by atoms with Crippen LogP contribution < -0.4 is 0 Å². The monoisotopic (exact) mass is 318 g/mol. The summed E-state index contributed by atoms with van der Waals surface area (Å²) in [6.45, 7) is 1.29. The van der Waals surface area contributed by atoms with Crippen molar-refractivity contribution >= 4 is 16.3 Å². The van der Waals surface area contributed by atoms with E-state index in [4.69, 9.17) is 0 Å². The van der Waals surface area contributed by atoms with Gasteiger partial charge in [0, 0.05) is 30.6 Å². The van der Waals surface area contributed by atoms with Crippen LogP contribution in [-0.4, -0.2) is 28.1 Å². The van der Waals surface area contributed by atoms with Crippen molar-refractivity contribution in [1.29, 1.82) is 0 Å². The molecule has 3 rings (SSSR count). The van der Waals surface area contributed by atoms with Gasteiger partial charge in [-0.15, -0.1) is 0 Å². The molecule has 1 aliphatic carbocycles. The van der Waals surface area contributed by atoms with Crippen LogP contribution >= 0.6 is 11.3 Å². The summed E-state index contributed by atoms with van der Waals surface area (Å²) in [5.41, 5.74) is 3.63. The number of hydrogen-bond acceptors (Lipinski definition) is 5. The van der Waals surface area contributed by atoms with Crippen LogP contribution in [0.15, 0.2) is 35.7 Å². The van der Waals surface area contributed by atoms with Gasteiger partial charge in [-0.05, 0) is 29.5 Å². The molecule has 0 saturated heterocycles. The molecule has 1 heterocycles. The lowest BCUT2D eigenvalue weighted by Gasteiger charge is -2.28. The summed E-state index contributed by atoms with van der Waals surface area (Å²) in [5, 5.41) is 22.2. The van der Waals surface area contributed by atoms with Crippen molar-refractivity contribution in [3.63, 3.8) is 0 Å². The van der Waals surface area contributed by atoms with E-state index >= 15 is 0 Å². The van der Waals surface area contributed by atoms with Gasteiger partial charge < -0.3 is 5.11 Å². The van der Waals surface area contributed by atoms with Crippen LogP contribution in [0.5, 0.6) is 0 Å². The Kier molecular flexibility index (Phi) is 4.52. The number of nitrogens with zero attached hydrogens (tertiary/aromatic N) is 2. The molecular formula is C16H18N2O3S. The second-order valence-electron chi connectivity index (χ2n) is 5.50. The fourth-order valence-corrected chi connectivity index (χ4v) is 3.88. The molecule has 0 fully saturated rings. The topological polar surface area (TPSA) is 66.6 Å². The lowest BCUT2D eigenvalue weighted by Crippen LogP contribution is -2.29. The Morgan fingerprint density at radius 1 is 1.41 bits per heavy atom. The van der Waals surface area contributed by atoms with Crippen molar-refractivity contribution in [2.24, 2.45) is 0 Å². The average molecular weight is 318 g/mol. The van der Waals surface area contributed by atoms with Gasteiger partial charge in [-0.2, -0.15) is 0 Å². The molecule has 2 aromatic rings. The molecule has 116 valence electrons. The summed E-state index contributed by atoms with van der Waals surface area (Å²) in [4.78, 5) is 12.7. The van der Waals surface area contributed by atoms with Crippen LogP contribution in [0.4, 0.5) is 5.00 Å². The number of nitro groups is 1. The van der Waals surface area contributed by atoms with Crippen molar-refractivity contribution in [2.75, 3.05) is 13.2 Å². The molecule has 1 N–H and O–H groups in total. The minimum atomic E-state index is -0.352. The van der Waals surface area contributed by atoms with Gasteiger partial charge in [-0.1, -0.05) is 35.6 Å². The third-order valence-electron chi connectivity index (χ3n) is 4.13. The summed E-state index contributed by atoms with van der Waals surface area (Å²) in [6.07, 6.45) is 2.08. The molecule has 0 aliphatic heterocycles. The maximum atomic E-state index is 10.8. The number of hydrogen-bond donors (Lipinski definition) is 1. The first-order valence-electron chi connectivity index (χ1n) is 7.33. The van der Waals surface area contributed by atoms with E-state index in [1.165, 1.54) is 11.1 Å². The van der Waals surface area contributed by atoms with Crippen LogP contribution in [0.25, 0.3) is 0 Å². The fraction of sp³-hybridized carbons (Fsp3) is 0.375. The van der Waals surface area contributed by atoms with E-state index < -0.39 is 0 Å². The van der Waals surface area contributed by atoms with Gasteiger partial charge in [-0.3, -0.25) is 15.0 Å². The molecule has 0 amide bonds. The first-order valence-corrected chi connectivity index (χ1v) is 8.21. The molecule has 1 unspecified atom stereocenters. The van der Waals surface area contributed by atoms with E-state index in [2.05, 4.69) is 23.1 Å². The van der Waals surface area contributed by atoms with Crippen molar-refractivity contribution in [1.82, 2.24) is 4.90 Å². The lowest BCUT2D eigenvalue weighted by atomic mass is 10.1. The van der Waals surface area contributed by atoms with Crippen molar-refractivity contribution in [3.8, 4) is 0 Å². The van der Waals surface area contributed by atoms with Gasteiger partial charge in [0.1, 0.15) is 0 Å². The fourth-order valence-electron chi connectivity index (χ4n) is 3.16. The Balaban J connectivity index is 1.80. The number of thiophene rings is 1. The van der Waals surface area contributed by atoms with Crippen molar-refractivity contribution in [2.45, 2.75) is 25.4 Å². The SMILES string of the molecule is O=[N+]([O-])c1cc(CN(CCO)C2CCc3ccccc32)cs1. The second-order valence-corrected chi connectivity index (χ2v) is 6.39. The molecular weight excluding hydrogens is 300 g/mol. The first kappa shape index (κ1) is 15.1. The van der Waals surface area contributed by atoms with Gasteiger partial charge in [0.15, 0.2) is 0 Å². The molecule has 0 radical (unpaired) electrons. The number of fused-ring (bicyclic) bond motifs is 1. The van der Waals surface area contributed by atoms with Crippen LogP contribution in [0.3, 0.4) is 0 Å². The lowest BCUT2D eigenvalue weighted by molar-refractivity contribution is -0.380. The Morgan fingerprint density at radius 3 is 2.95 bits per heavy atom. The Bertz CT molecular complexity index is 671. The quantitative estimate of drug-likeness (QED) is 0.656. The summed E-state index contributed by atoms with van der Waals surface area (Å²) in [7, 11) is 0. The third kappa shape index (κ3) is 3.04. The zero-order chi connectivity index (χ0) is 15.5. The number of aliphatic hydroxyl groups excluding tert-OH is 1. The molecule has 5 nitrogen and oxygen atoms in total. The molecule has 0 saturated carbocycles. The molecule has 1 aromatic carbocycles. The average Bonchev–Trinajstić information content (AvgIpc) is 3.13. The van der Waals surface area contributed by atoms with E-state index in [1.54, 1.807) is 6.07 Å². The summed E-state index contributed by atoms with van der Waals surface area (Å²) >= 11 is 1.16. The summed E-state index contributed by atoms with van der Waals surface area (Å²) in [5.74, 6) is 0. The minimum Gasteiger partial charge on any atom is -0.395 e. The highest BCUT2D eigenvalue weighted by atomic mass is 32.1. The highest BCUT2D eigenvalue weighted by Gasteiger charge is 2.27. The van der Waals surface area contributed by atoms with Gasteiger partial charge >= 0.3 is 5.00 Å². The maximum Gasteiger partial charge on any atom is 0.324 e. The normalized spacial score (nSPS) is 16.9. The van der Waals surface area contributed by atoms with Gasteiger partial charge in [0.25, 0.3) is 0 Å². The molecule has 1 aromatic heterocycles. The van der Waals surface area contributed by atoms with E-state index in [0.29, 0.717) is 13.1 Å². The number of rotatable bonds is 6. The smallest absolute Gasteiger partial charge is 0.324 e. The van der Waals surface area contributed by atoms with Crippen molar-refractivity contribution < 1.29 is 10.0 Å². The Labute approximate surface area is 133 Å². The largest absolute Gasteiger partial charge is 0.395 e. The van der Waals surface area contributed by atoms with Crippen LogP contribution in [-0.2, 0) is 13.0 Å². The summed E-state index contributed by atoms with van der Waals surface area (Å²) < 4.78 is 0. The zero-order valence-electron chi connectivity index (χ0n) is 12.1.